The van der Waals surface area contributed by atoms with Crippen LogP contribution in [0.25, 0.3) is 0 Å². The van der Waals surface area contributed by atoms with E-state index >= 15 is 0 Å². The van der Waals surface area contributed by atoms with Gasteiger partial charge in [-0.25, -0.2) is 0 Å². The Hall–Kier alpha value is -0.870. The molecule has 1 saturated carbocycles. The van der Waals surface area contributed by atoms with E-state index in [2.05, 4.69) is 35.9 Å². The molecule has 1 fully saturated rings. The number of amides is 1. The van der Waals surface area contributed by atoms with E-state index in [9.17, 15) is 4.79 Å². The Balaban J connectivity index is 1.86. The third-order valence-corrected chi connectivity index (χ3v) is 3.92. The third-order valence-electron chi connectivity index (χ3n) is 2.96. The summed E-state index contributed by atoms with van der Waals surface area (Å²) in [4.78, 5) is 13.1. The molecule has 0 radical (unpaired) electrons. The van der Waals surface area contributed by atoms with Crippen molar-refractivity contribution >= 4 is 17.2 Å². The van der Waals surface area contributed by atoms with Crippen molar-refractivity contribution < 1.29 is 4.79 Å². The predicted octanol–water partition coefficient (Wildman–Crippen LogP) is 2.31. The molecule has 1 aromatic rings. The van der Waals surface area contributed by atoms with Gasteiger partial charge in [0.15, 0.2) is 0 Å². The van der Waals surface area contributed by atoms with Gasteiger partial charge in [-0.05, 0) is 30.2 Å². The average Bonchev–Trinajstić information content (AvgIpc) is 2.97. The summed E-state index contributed by atoms with van der Waals surface area (Å²) in [6.45, 7) is 4.72. The zero-order valence-electron chi connectivity index (χ0n) is 10.4. The van der Waals surface area contributed by atoms with Crippen molar-refractivity contribution in [3.8, 4) is 0 Å². The van der Waals surface area contributed by atoms with Crippen LogP contribution in [0.3, 0.4) is 0 Å². The molecule has 0 aliphatic heterocycles. The molecule has 1 aliphatic carbocycles. The minimum Gasteiger partial charge on any atom is -0.347 e. The zero-order chi connectivity index (χ0) is 12.3. The summed E-state index contributed by atoms with van der Waals surface area (Å²) < 4.78 is 0. The van der Waals surface area contributed by atoms with E-state index < -0.39 is 0 Å². The quantitative estimate of drug-likeness (QED) is 0.816. The summed E-state index contributed by atoms with van der Waals surface area (Å²) in [7, 11) is 0. The normalized spacial score (nSPS) is 17.1. The van der Waals surface area contributed by atoms with Gasteiger partial charge >= 0.3 is 0 Å². The van der Waals surface area contributed by atoms with Gasteiger partial charge in [0.2, 0.25) is 5.91 Å². The smallest absolute Gasteiger partial charge is 0.234 e. The summed E-state index contributed by atoms with van der Waals surface area (Å²) in [5, 5.41) is 8.40. The molecule has 94 valence electrons. The fourth-order valence-electron chi connectivity index (χ4n) is 1.78. The van der Waals surface area contributed by atoms with Crippen molar-refractivity contribution in [2.24, 2.45) is 5.92 Å². The summed E-state index contributed by atoms with van der Waals surface area (Å²) >= 11 is 1.70. The van der Waals surface area contributed by atoms with Crippen molar-refractivity contribution in [2.45, 2.75) is 38.8 Å². The second kappa shape index (κ2) is 5.65. The van der Waals surface area contributed by atoms with E-state index in [-0.39, 0.29) is 11.9 Å². The number of carbonyl (C=O) groups is 1. The van der Waals surface area contributed by atoms with Gasteiger partial charge in [0.1, 0.15) is 0 Å². The Morgan fingerprint density at radius 1 is 1.53 bits per heavy atom. The topological polar surface area (TPSA) is 41.1 Å². The standard InChI is InChI=1S/C13H20N2OS/c1-9(2)13(11-4-3-7-17-11)15-12(16)8-14-10-5-6-10/h3-4,7,9-10,13-14H,5-6,8H2,1-2H3,(H,15,16). The molecule has 1 aliphatic rings. The summed E-state index contributed by atoms with van der Waals surface area (Å²) in [6.07, 6.45) is 2.43. The molecule has 2 rings (SSSR count). The van der Waals surface area contributed by atoms with Crippen LogP contribution < -0.4 is 10.6 Å². The number of nitrogens with one attached hydrogen (secondary N) is 2. The lowest BCUT2D eigenvalue weighted by atomic mass is 10.0. The van der Waals surface area contributed by atoms with E-state index in [0.717, 1.165) is 0 Å². The Labute approximate surface area is 107 Å². The van der Waals surface area contributed by atoms with Crippen molar-refractivity contribution in [3.63, 3.8) is 0 Å². The maximum Gasteiger partial charge on any atom is 0.234 e. The fourth-order valence-corrected chi connectivity index (χ4v) is 2.73. The Bertz CT molecular complexity index is 358. The van der Waals surface area contributed by atoms with Crippen LogP contribution >= 0.6 is 11.3 Å². The van der Waals surface area contributed by atoms with Crippen LogP contribution in [-0.2, 0) is 4.79 Å². The Kier molecular flexibility index (Phi) is 4.18. The van der Waals surface area contributed by atoms with Crippen molar-refractivity contribution in [2.75, 3.05) is 6.54 Å². The monoisotopic (exact) mass is 252 g/mol. The summed E-state index contributed by atoms with van der Waals surface area (Å²) in [5.41, 5.74) is 0. The van der Waals surface area contributed by atoms with Crippen LogP contribution in [0, 0.1) is 5.92 Å². The lowest BCUT2D eigenvalue weighted by Gasteiger charge is -2.21. The first-order chi connectivity index (χ1) is 8.16. The molecule has 1 unspecified atom stereocenters. The zero-order valence-corrected chi connectivity index (χ0v) is 11.2. The number of carbonyl (C=O) groups excluding carboxylic acids is 1. The van der Waals surface area contributed by atoms with Gasteiger partial charge < -0.3 is 10.6 Å². The fraction of sp³-hybridized carbons (Fsp3) is 0.615. The van der Waals surface area contributed by atoms with Gasteiger partial charge in [-0.1, -0.05) is 19.9 Å². The second-order valence-electron chi connectivity index (χ2n) is 4.96. The van der Waals surface area contributed by atoms with E-state index in [1.54, 1.807) is 11.3 Å². The minimum atomic E-state index is 0.101. The third kappa shape index (κ3) is 3.82. The van der Waals surface area contributed by atoms with Crippen molar-refractivity contribution in [1.29, 1.82) is 0 Å². The SMILES string of the molecule is CC(C)C(NC(=O)CNC1CC1)c1cccs1. The Morgan fingerprint density at radius 2 is 2.29 bits per heavy atom. The number of thiophene rings is 1. The first-order valence-electron chi connectivity index (χ1n) is 6.23. The molecule has 0 bridgehead atoms. The highest BCUT2D eigenvalue weighted by Crippen LogP contribution is 2.25. The minimum absolute atomic E-state index is 0.101. The molecule has 2 N–H and O–H groups in total. The number of hydrogen-bond donors (Lipinski definition) is 2. The van der Waals surface area contributed by atoms with Crippen LogP contribution in [0.15, 0.2) is 17.5 Å². The number of rotatable bonds is 6. The average molecular weight is 252 g/mol. The van der Waals surface area contributed by atoms with E-state index in [4.69, 9.17) is 0 Å². The highest BCUT2D eigenvalue weighted by atomic mass is 32.1. The molecule has 1 aromatic heterocycles. The van der Waals surface area contributed by atoms with Gasteiger partial charge in [0.05, 0.1) is 12.6 Å². The lowest BCUT2D eigenvalue weighted by Crippen LogP contribution is -2.38. The maximum atomic E-state index is 11.8. The van der Waals surface area contributed by atoms with Crippen LogP contribution in [0.4, 0.5) is 0 Å². The van der Waals surface area contributed by atoms with Gasteiger partial charge in [0, 0.05) is 10.9 Å². The molecule has 1 amide bonds. The Morgan fingerprint density at radius 3 is 2.82 bits per heavy atom. The van der Waals surface area contributed by atoms with E-state index in [1.807, 2.05) is 6.07 Å². The predicted molar refractivity (Wildman–Crippen MR) is 71.1 cm³/mol. The van der Waals surface area contributed by atoms with Crippen LogP contribution in [0.2, 0.25) is 0 Å². The first-order valence-corrected chi connectivity index (χ1v) is 7.11. The first kappa shape index (κ1) is 12.6. The molecule has 1 heterocycles. The molecule has 3 nitrogen and oxygen atoms in total. The highest BCUT2D eigenvalue weighted by Gasteiger charge is 2.23. The molecule has 0 spiro atoms. The van der Waals surface area contributed by atoms with Gasteiger partial charge in [-0.3, -0.25) is 4.79 Å². The molecule has 0 saturated heterocycles. The maximum absolute atomic E-state index is 11.8. The lowest BCUT2D eigenvalue weighted by molar-refractivity contribution is -0.121. The van der Waals surface area contributed by atoms with Crippen molar-refractivity contribution in [3.05, 3.63) is 22.4 Å². The molecule has 0 aromatic carbocycles. The second-order valence-corrected chi connectivity index (χ2v) is 5.94. The highest BCUT2D eigenvalue weighted by molar-refractivity contribution is 7.10. The van der Waals surface area contributed by atoms with Gasteiger partial charge in [0.25, 0.3) is 0 Å². The van der Waals surface area contributed by atoms with E-state index in [0.29, 0.717) is 18.5 Å². The van der Waals surface area contributed by atoms with Crippen LogP contribution in [0.1, 0.15) is 37.6 Å². The van der Waals surface area contributed by atoms with Crippen molar-refractivity contribution in [1.82, 2.24) is 10.6 Å². The molecule has 4 heteroatoms. The summed E-state index contributed by atoms with van der Waals surface area (Å²) in [5.74, 6) is 0.516. The summed E-state index contributed by atoms with van der Waals surface area (Å²) in [6, 6.07) is 4.84. The van der Waals surface area contributed by atoms with Gasteiger partial charge in [-0.2, -0.15) is 0 Å². The van der Waals surface area contributed by atoms with Crippen LogP contribution in [-0.4, -0.2) is 18.5 Å². The number of hydrogen-bond acceptors (Lipinski definition) is 3. The molecular formula is C13H20N2OS. The molecule has 17 heavy (non-hydrogen) atoms. The van der Waals surface area contributed by atoms with Gasteiger partial charge in [-0.15, -0.1) is 11.3 Å². The largest absolute Gasteiger partial charge is 0.347 e. The molecular weight excluding hydrogens is 232 g/mol. The van der Waals surface area contributed by atoms with Crippen LogP contribution in [0.5, 0.6) is 0 Å². The van der Waals surface area contributed by atoms with E-state index in [1.165, 1.54) is 17.7 Å². The molecule has 1 atom stereocenters.